The summed E-state index contributed by atoms with van der Waals surface area (Å²) in [5, 5.41) is 0.420. The van der Waals surface area contributed by atoms with E-state index in [-0.39, 0.29) is 23.7 Å². The van der Waals surface area contributed by atoms with Gasteiger partial charge in [0.15, 0.2) is 9.84 Å². The highest BCUT2D eigenvalue weighted by atomic mass is 32.2. The number of hydrogen-bond donors (Lipinski definition) is 0. The van der Waals surface area contributed by atoms with Crippen molar-refractivity contribution in [3.8, 4) is 0 Å². The number of nitrogens with zero attached hydrogens (tertiary/aromatic N) is 1. The lowest BCUT2D eigenvalue weighted by Gasteiger charge is -2.21. The number of thiocarbonyl (C=S) groups is 1. The molecule has 0 amide bonds. The first-order valence-corrected chi connectivity index (χ1v) is 8.00. The van der Waals surface area contributed by atoms with E-state index in [4.69, 9.17) is 17.0 Å². The van der Waals surface area contributed by atoms with Gasteiger partial charge in [-0.3, -0.25) is 0 Å². The second-order valence-electron chi connectivity index (χ2n) is 4.68. The molecule has 6 heteroatoms. The van der Waals surface area contributed by atoms with E-state index in [1.807, 2.05) is 35.2 Å². The summed E-state index contributed by atoms with van der Waals surface area (Å²) in [5.74, 6) is 0.230. The Morgan fingerprint density at radius 2 is 2.00 bits per heavy atom. The summed E-state index contributed by atoms with van der Waals surface area (Å²) in [5.41, 5.74) is 1.10. The third-order valence-electron chi connectivity index (χ3n) is 3.35. The van der Waals surface area contributed by atoms with Gasteiger partial charge in [-0.2, -0.15) is 0 Å². The van der Waals surface area contributed by atoms with Crippen LogP contribution in [-0.2, 0) is 21.1 Å². The normalized spacial score (nSPS) is 29.1. The highest BCUT2D eigenvalue weighted by Gasteiger charge is 2.48. The van der Waals surface area contributed by atoms with Gasteiger partial charge >= 0.3 is 0 Å². The quantitative estimate of drug-likeness (QED) is 0.757. The molecule has 0 bridgehead atoms. The molecule has 0 spiro atoms. The third-order valence-corrected chi connectivity index (χ3v) is 5.37. The highest BCUT2D eigenvalue weighted by Crippen LogP contribution is 2.29. The molecule has 2 fully saturated rings. The second-order valence-corrected chi connectivity index (χ2v) is 7.18. The Hall–Kier alpha value is -1.14. The second kappa shape index (κ2) is 4.20. The van der Waals surface area contributed by atoms with Gasteiger partial charge in [-0.1, -0.05) is 30.3 Å². The van der Waals surface area contributed by atoms with Gasteiger partial charge in [-0.05, 0) is 17.8 Å². The van der Waals surface area contributed by atoms with E-state index >= 15 is 0 Å². The van der Waals surface area contributed by atoms with Crippen LogP contribution < -0.4 is 0 Å². The maximum atomic E-state index is 11.6. The zero-order valence-corrected chi connectivity index (χ0v) is 11.3. The number of sulfone groups is 1. The average molecular weight is 283 g/mol. The predicted molar refractivity (Wildman–Crippen MR) is 71.9 cm³/mol. The minimum Gasteiger partial charge on any atom is -0.464 e. The molecule has 0 radical (unpaired) electrons. The Labute approximate surface area is 111 Å². The van der Waals surface area contributed by atoms with Crippen LogP contribution in [0.25, 0.3) is 0 Å². The van der Waals surface area contributed by atoms with Crippen LogP contribution >= 0.6 is 12.2 Å². The topological polar surface area (TPSA) is 46.6 Å². The van der Waals surface area contributed by atoms with Crippen molar-refractivity contribution in [1.82, 2.24) is 4.90 Å². The summed E-state index contributed by atoms with van der Waals surface area (Å²) in [7, 11) is -2.98. The molecular formula is C12H13NO3S2. The van der Waals surface area contributed by atoms with Crippen LogP contribution in [0.2, 0.25) is 0 Å². The maximum Gasteiger partial charge on any atom is 0.260 e. The monoisotopic (exact) mass is 283 g/mol. The lowest BCUT2D eigenvalue weighted by Crippen LogP contribution is -2.36. The summed E-state index contributed by atoms with van der Waals surface area (Å²) < 4.78 is 28.7. The molecule has 2 heterocycles. The molecule has 96 valence electrons. The molecule has 1 aromatic rings. The summed E-state index contributed by atoms with van der Waals surface area (Å²) in [6.07, 6.45) is -0.286. The number of hydrogen-bond acceptors (Lipinski definition) is 4. The first-order chi connectivity index (χ1) is 8.55. The third kappa shape index (κ3) is 2.10. The molecule has 3 rings (SSSR count). The molecule has 2 aliphatic heterocycles. The van der Waals surface area contributed by atoms with Gasteiger partial charge in [0.25, 0.3) is 5.17 Å². The van der Waals surface area contributed by atoms with E-state index in [0.29, 0.717) is 11.7 Å². The molecule has 1 aromatic carbocycles. The fourth-order valence-corrected chi connectivity index (χ4v) is 4.66. The van der Waals surface area contributed by atoms with Gasteiger partial charge < -0.3 is 9.64 Å². The zero-order valence-electron chi connectivity index (χ0n) is 9.65. The molecular weight excluding hydrogens is 270 g/mol. The van der Waals surface area contributed by atoms with Gasteiger partial charge in [0.1, 0.15) is 6.10 Å². The van der Waals surface area contributed by atoms with Crippen LogP contribution in [0, 0.1) is 0 Å². The molecule has 4 nitrogen and oxygen atoms in total. The van der Waals surface area contributed by atoms with Crippen LogP contribution in [0.5, 0.6) is 0 Å². The fraction of sp³-hybridized carbons (Fsp3) is 0.417. The van der Waals surface area contributed by atoms with Crippen LogP contribution in [-0.4, -0.2) is 42.1 Å². The smallest absolute Gasteiger partial charge is 0.260 e. The number of ether oxygens (including phenoxy) is 1. The maximum absolute atomic E-state index is 11.6. The minimum atomic E-state index is -2.98. The largest absolute Gasteiger partial charge is 0.464 e. The number of rotatable bonds is 2. The Morgan fingerprint density at radius 3 is 2.72 bits per heavy atom. The van der Waals surface area contributed by atoms with E-state index in [9.17, 15) is 8.42 Å². The highest BCUT2D eigenvalue weighted by molar-refractivity contribution is 7.91. The Bertz CT molecular complexity index is 570. The van der Waals surface area contributed by atoms with Crippen molar-refractivity contribution in [2.24, 2.45) is 0 Å². The number of fused-ring (bicyclic) bond motifs is 1. The van der Waals surface area contributed by atoms with E-state index in [0.717, 1.165) is 5.56 Å². The van der Waals surface area contributed by atoms with Gasteiger partial charge in [-0.15, -0.1) is 0 Å². The molecule has 0 unspecified atom stereocenters. The van der Waals surface area contributed by atoms with E-state index in [1.54, 1.807) is 0 Å². The Morgan fingerprint density at radius 1 is 1.28 bits per heavy atom. The van der Waals surface area contributed by atoms with Crippen LogP contribution in [0.1, 0.15) is 5.56 Å². The summed E-state index contributed by atoms with van der Waals surface area (Å²) >= 11 is 5.18. The van der Waals surface area contributed by atoms with Crippen molar-refractivity contribution in [2.45, 2.75) is 18.7 Å². The van der Waals surface area contributed by atoms with Crippen LogP contribution in [0.4, 0.5) is 0 Å². The fourth-order valence-electron chi connectivity index (χ4n) is 2.49. The molecule has 2 saturated heterocycles. The minimum absolute atomic E-state index is 0.0864. The van der Waals surface area contributed by atoms with E-state index in [2.05, 4.69) is 0 Å². The predicted octanol–water partition coefficient (Wildman–Crippen LogP) is 0.969. The van der Waals surface area contributed by atoms with Crippen molar-refractivity contribution in [3.63, 3.8) is 0 Å². The molecule has 18 heavy (non-hydrogen) atoms. The van der Waals surface area contributed by atoms with Gasteiger partial charge in [0, 0.05) is 6.54 Å². The molecule has 2 aliphatic rings. The molecule has 0 saturated carbocycles. The number of benzene rings is 1. The lowest BCUT2D eigenvalue weighted by atomic mass is 10.1. The Kier molecular flexibility index (Phi) is 2.79. The van der Waals surface area contributed by atoms with E-state index in [1.165, 1.54) is 0 Å². The first kappa shape index (κ1) is 11.9. The standard InChI is InChI=1S/C12H13NO3S2/c14-18(15)7-10-11(8-18)16-12(17)13(10)6-9-4-2-1-3-5-9/h1-5,10-11H,6-8H2/t10-,11+/m0/s1. The first-order valence-electron chi connectivity index (χ1n) is 5.77. The van der Waals surface area contributed by atoms with Crippen molar-refractivity contribution in [3.05, 3.63) is 35.9 Å². The SMILES string of the molecule is O=S1(=O)C[C@H]2OC(=S)N(Cc3ccccc3)[C@H]2C1. The molecule has 2 atom stereocenters. The van der Waals surface area contributed by atoms with Crippen LogP contribution in [0.15, 0.2) is 30.3 Å². The summed E-state index contributed by atoms with van der Waals surface area (Å²) in [4.78, 5) is 1.89. The van der Waals surface area contributed by atoms with E-state index < -0.39 is 9.84 Å². The summed E-state index contributed by atoms with van der Waals surface area (Å²) in [6, 6.07) is 9.74. The van der Waals surface area contributed by atoms with Gasteiger partial charge in [-0.25, -0.2) is 8.42 Å². The van der Waals surface area contributed by atoms with Crippen molar-refractivity contribution in [1.29, 1.82) is 0 Å². The summed E-state index contributed by atoms with van der Waals surface area (Å²) in [6.45, 7) is 0.607. The van der Waals surface area contributed by atoms with Crippen molar-refractivity contribution >= 4 is 27.2 Å². The molecule has 0 aliphatic carbocycles. The zero-order chi connectivity index (χ0) is 12.8. The van der Waals surface area contributed by atoms with Crippen molar-refractivity contribution in [2.75, 3.05) is 11.5 Å². The van der Waals surface area contributed by atoms with Crippen LogP contribution in [0.3, 0.4) is 0 Å². The lowest BCUT2D eigenvalue weighted by molar-refractivity contribution is 0.232. The Balaban J connectivity index is 1.82. The molecule has 0 N–H and O–H groups in total. The average Bonchev–Trinajstić information content (AvgIpc) is 2.74. The van der Waals surface area contributed by atoms with Gasteiger partial charge in [0.05, 0.1) is 17.5 Å². The van der Waals surface area contributed by atoms with Crippen molar-refractivity contribution < 1.29 is 13.2 Å². The molecule has 0 aromatic heterocycles. The van der Waals surface area contributed by atoms with Gasteiger partial charge in [0.2, 0.25) is 0 Å².